The third kappa shape index (κ3) is 2.52. The first-order valence-electron chi connectivity index (χ1n) is 6.72. The summed E-state index contributed by atoms with van der Waals surface area (Å²) in [6, 6.07) is 11.2. The van der Waals surface area contributed by atoms with Gasteiger partial charge in [-0.1, -0.05) is 18.2 Å². The monoisotopic (exact) mass is 283 g/mol. The van der Waals surface area contributed by atoms with Crippen molar-refractivity contribution in [3.05, 3.63) is 35.9 Å². The van der Waals surface area contributed by atoms with Gasteiger partial charge in [-0.2, -0.15) is 5.26 Å². The minimum Gasteiger partial charge on any atom is -0.480 e. The first-order chi connectivity index (χ1) is 9.91. The van der Waals surface area contributed by atoms with E-state index >= 15 is 0 Å². The van der Waals surface area contributed by atoms with Crippen LogP contribution in [-0.2, 0) is 4.79 Å². The number of carboxylic acids is 1. The first kappa shape index (κ1) is 14.8. The van der Waals surface area contributed by atoms with Gasteiger partial charge >= 0.3 is 5.97 Å². The van der Waals surface area contributed by atoms with Crippen molar-refractivity contribution in [1.29, 1.82) is 5.26 Å². The lowest BCUT2D eigenvalue weighted by atomic mass is 10.0. The lowest BCUT2D eigenvalue weighted by molar-refractivity contribution is -0.142. The molecule has 5 nitrogen and oxygen atoms in total. The van der Waals surface area contributed by atoms with Crippen molar-refractivity contribution < 1.29 is 9.90 Å². The van der Waals surface area contributed by atoms with Gasteiger partial charge in [0.1, 0.15) is 11.4 Å². The Bertz CT molecular complexity index is 732. The van der Waals surface area contributed by atoms with E-state index in [1.54, 1.807) is 24.8 Å². The molecule has 1 aromatic heterocycles. The smallest absolute Gasteiger partial charge is 0.328 e. The van der Waals surface area contributed by atoms with Crippen LogP contribution in [0.4, 0.5) is 5.82 Å². The maximum absolute atomic E-state index is 11.5. The van der Waals surface area contributed by atoms with Crippen molar-refractivity contribution in [3.8, 4) is 6.07 Å². The zero-order valence-electron chi connectivity index (χ0n) is 12.3. The van der Waals surface area contributed by atoms with Crippen LogP contribution >= 0.6 is 0 Å². The van der Waals surface area contributed by atoms with Gasteiger partial charge in [-0.3, -0.25) is 0 Å². The lowest BCUT2D eigenvalue weighted by Crippen LogP contribution is -2.50. The molecule has 2 aromatic rings. The largest absolute Gasteiger partial charge is 0.480 e. The number of hydrogen-bond donors (Lipinski definition) is 1. The van der Waals surface area contributed by atoms with Crippen molar-refractivity contribution in [2.24, 2.45) is 0 Å². The highest BCUT2D eigenvalue weighted by molar-refractivity contribution is 5.88. The number of nitriles is 1. The summed E-state index contributed by atoms with van der Waals surface area (Å²) in [5.41, 5.74) is 0.0816. The number of benzene rings is 1. The molecule has 0 spiro atoms. The molecule has 0 amide bonds. The number of likely N-dealkylation sites (N-methyl/N-ethyl adjacent to an activating group) is 1. The molecule has 1 heterocycles. The maximum Gasteiger partial charge on any atom is 0.328 e. The maximum atomic E-state index is 11.5. The van der Waals surface area contributed by atoms with Crippen molar-refractivity contribution in [1.82, 2.24) is 4.98 Å². The molecule has 0 saturated carbocycles. The molecule has 1 N–H and O–H groups in total. The number of carbonyl (C=O) groups is 1. The van der Waals surface area contributed by atoms with E-state index < -0.39 is 11.5 Å². The average Bonchev–Trinajstić information content (AvgIpc) is 2.46. The number of fused-ring (bicyclic) bond motifs is 1. The average molecular weight is 283 g/mol. The summed E-state index contributed by atoms with van der Waals surface area (Å²) in [6.07, 6.45) is 0. The van der Waals surface area contributed by atoms with Gasteiger partial charge in [-0.15, -0.1) is 0 Å². The highest BCUT2D eigenvalue weighted by atomic mass is 16.4. The molecule has 21 heavy (non-hydrogen) atoms. The number of rotatable bonds is 4. The van der Waals surface area contributed by atoms with Crippen LogP contribution in [0, 0.1) is 11.3 Å². The molecule has 0 aliphatic carbocycles. The molecule has 1 aromatic carbocycles. The fraction of sp³-hybridized carbons (Fsp3) is 0.312. The molecular weight excluding hydrogens is 266 g/mol. The van der Waals surface area contributed by atoms with E-state index in [-0.39, 0.29) is 0 Å². The fourth-order valence-corrected chi connectivity index (χ4v) is 2.35. The number of aliphatic carboxylic acids is 1. The minimum absolute atomic E-state index is 0.482. The van der Waals surface area contributed by atoms with Crippen LogP contribution in [0.25, 0.3) is 10.9 Å². The summed E-state index contributed by atoms with van der Waals surface area (Å²) in [5, 5.41) is 19.5. The van der Waals surface area contributed by atoms with Crippen molar-refractivity contribution in [3.63, 3.8) is 0 Å². The SMILES string of the molecule is CCN(c1cc(C#N)c2ccccc2n1)C(C)(C)C(=O)O. The molecule has 0 saturated heterocycles. The molecule has 0 unspecified atom stereocenters. The van der Waals surface area contributed by atoms with E-state index in [1.807, 2.05) is 31.2 Å². The molecule has 2 rings (SSSR count). The van der Waals surface area contributed by atoms with E-state index in [9.17, 15) is 15.2 Å². The minimum atomic E-state index is -1.10. The van der Waals surface area contributed by atoms with Crippen LogP contribution in [0.15, 0.2) is 30.3 Å². The van der Waals surface area contributed by atoms with E-state index in [0.29, 0.717) is 23.4 Å². The van der Waals surface area contributed by atoms with Crippen molar-refractivity contribution >= 4 is 22.7 Å². The Kier molecular flexibility index (Phi) is 3.81. The van der Waals surface area contributed by atoms with Crippen LogP contribution in [0.2, 0.25) is 0 Å². The van der Waals surface area contributed by atoms with E-state index in [0.717, 1.165) is 5.39 Å². The second kappa shape index (κ2) is 5.41. The normalized spacial score (nSPS) is 11.1. The number of para-hydroxylation sites is 1. The number of hydrogen-bond acceptors (Lipinski definition) is 4. The Labute approximate surface area is 123 Å². The summed E-state index contributed by atoms with van der Waals surface area (Å²) >= 11 is 0. The van der Waals surface area contributed by atoms with Gasteiger partial charge in [0.05, 0.1) is 17.1 Å². The standard InChI is InChI=1S/C16H17N3O2/c1-4-19(16(2,3)15(20)21)14-9-11(10-17)12-7-5-6-8-13(12)18-14/h5-9H,4H2,1-3H3,(H,20,21). The van der Waals surface area contributed by atoms with E-state index in [1.165, 1.54) is 0 Å². The molecule has 0 fully saturated rings. The van der Waals surface area contributed by atoms with Crippen LogP contribution in [0.5, 0.6) is 0 Å². The summed E-state index contributed by atoms with van der Waals surface area (Å²) in [6.45, 7) is 5.60. The van der Waals surface area contributed by atoms with Crippen LogP contribution in [-0.4, -0.2) is 28.1 Å². The third-order valence-electron chi connectivity index (χ3n) is 3.61. The number of pyridine rings is 1. The van der Waals surface area contributed by atoms with Crippen molar-refractivity contribution in [2.45, 2.75) is 26.3 Å². The van der Waals surface area contributed by atoms with Gasteiger partial charge in [0.25, 0.3) is 0 Å². The number of aromatic nitrogens is 1. The Balaban J connectivity index is 2.66. The Morgan fingerprint density at radius 1 is 1.43 bits per heavy atom. The number of nitrogens with zero attached hydrogens (tertiary/aromatic N) is 3. The summed E-state index contributed by atoms with van der Waals surface area (Å²) in [4.78, 5) is 17.7. The first-order valence-corrected chi connectivity index (χ1v) is 6.72. The molecular formula is C16H17N3O2. The molecule has 0 aliphatic rings. The van der Waals surface area contributed by atoms with E-state index in [4.69, 9.17) is 0 Å². The Hall–Kier alpha value is -2.61. The highest BCUT2D eigenvalue weighted by Gasteiger charge is 2.34. The Morgan fingerprint density at radius 2 is 2.10 bits per heavy atom. The van der Waals surface area contributed by atoms with Gasteiger partial charge in [0, 0.05) is 11.9 Å². The molecule has 0 atom stereocenters. The quantitative estimate of drug-likeness (QED) is 0.933. The van der Waals surface area contributed by atoms with Crippen LogP contribution in [0.1, 0.15) is 26.3 Å². The second-order valence-corrected chi connectivity index (χ2v) is 5.27. The van der Waals surface area contributed by atoms with Gasteiger partial charge in [-0.05, 0) is 32.9 Å². The van der Waals surface area contributed by atoms with Crippen LogP contribution < -0.4 is 4.90 Å². The van der Waals surface area contributed by atoms with Gasteiger partial charge in [0.2, 0.25) is 0 Å². The zero-order chi connectivity index (χ0) is 15.6. The topological polar surface area (TPSA) is 77.2 Å². The molecule has 0 radical (unpaired) electrons. The number of carboxylic acid groups (broad SMARTS) is 1. The third-order valence-corrected chi connectivity index (χ3v) is 3.61. The number of anilines is 1. The lowest BCUT2D eigenvalue weighted by Gasteiger charge is -2.35. The Morgan fingerprint density at radius 3 is 2.67 bits per heavy atom. The summed E-state index contributed by atoms with van der Waals surface area (Å²) in [5.74, 6) is -0.432. The van der Waals surface area contributed by atoms with Gasteiger partial charge in [0.15, 0.2) is 0 Å². The van der Waals surface area contributed by atoms with Crippen molar-refractivity contribution in [2.75, 3.05) is 11.4 Å². The predicted octanol–water partition coefficient (Wildman–Crippen LogP) is 2.80. The van der Waals surface area contributed by atoms with Gasteiger partial charge < -0.3 is 10.0 Å². The highest BCUT2D eigenvalue weighted by Crippen LogP contribution is 2.27. The summed E-state index contributed by atoms with van der Waals surface area (Å²) in [7, 11) is 0. The van der Waals surface area contributed by atoms with Gasteiger partial charge in [-0.25, -0.2) is 9.78 Å². The molecule has 108 valence electrons. The second-order valence-electron chi connectivity index (χ2n) is 5.27. The predicted molar refractivity (Wildman–Crippen MR) is 81.2 cm³/mol. The fourth-order valence-electron chi connectivity index (χ4n) is 2.35. The van der Waals surface area contributed by atoms with Crippen LogP contribution in [0.3, 0.4) is 0 Å². The molecule has 5 heteroatoms. The van der Waals surface area contributed by atoms with E-state index in [2.05, 4.69) is 11.1 Å². The zero-order valence-corrected chi connectivity index (χ0v) is 12.3. The molecule has 0 aliphatic heterocycles. The summed E-state index contributed by atoms with van der Waals surface area (Å²) < 4.78 is 0. The molecule has 0 bridgehead atoms.